The third-order valence-corrected chi connectivity index (χ3v) is 3.67. The fourth-order valence-electron chi connectivity index (χ4n) is 2.09. The molecule has 0 fully saturated rings. The van der Waals surface area contributed by atoms with Crippen LogP contribution in [0.15, 0.2) is 22.7 Å². The van der Waals surface area contributed by atoms with Gasteiger partial charge in [-0.05, 0) is 31.0 Å². The van der Waals surface area contributed by atoms with E-state index < -0.39 is 0 Å². The molecule has 0 saturated carbocycles. The van der Waals surface area contributed by atoms with Gasteiger partial charge in [-0.2, -0.15) is 0 Å². The van der Waals surface area contributed by atoms with Gasteiger partial charge in [0.25, 0.3) is 0 Å². The average Bonchev–Trinajstić information content (AvgIpc) is 2.40. The summed E-state index contributed by atoms with van der Waals surface area (Å²) in [5.74, 6) is 0.989. The number of hydrogen-bond acceptors (Lipinski definition) is 2. The molecule has 1 aromatic rings. The quantitative estimate of drug-likeness (QED) is 0.851. The fraction of sp³-hybridized carbons (Fsp3) is 0.500. The summed E-state index contributed by atoms with van der Waals surface area (Å²) in [6.07, 6.45) is 2.16. The fourth-order valence-corrected chi connectivity index (χ4v) is 2.45. The van der Waals surface area contributed by atoms with Gasteiger partial charge in [-0.3, -0.25) is 0 Å². The molecule has 0 radical (unpaired) electrons. The summed E-state index contributed by atoms with van der Waals surface area (Å²) in [5, 5.41) is 0. The number of halogens is 1. The second kappa shape index (κ2) is 4.14. The molecule has 3 heteroatoms. The average molecular weight is 270 g/mol. The highest BCUT2D eigenvalue weighted by Gasteiger charge is 2.30. The first-order valence-corrected chi connectivity index (χ1v) is 6.08. The van der Waals surface area contributed by atoms with Gasteiger partial charge in [-0.25, -0.2) is 0 Å². The molecule has 15 heavy (non-hydrogen) atoms. The highest BCUT2D eigenvalue weighted by molar-refractivity contribution is 9.10. The summed E-state index contributed by atoms with van der Waals surface area (Å²) in [7, 11) is 0. The standard InChI is InChI=1S/C12H16BrNO/c1-12(8-14)5-2-6-15-11-4-3-9(13)7-10(11)12/h3-4,7H,2,5-6,8,14H2,1H3. The second-order valence-electron chi connectivity index (χ2n) is 4.36. The van der Waals surface area contributed by atoms with Crippen LogP contribution in [-0.2, 0) is 5.41 Å². The lowest BCUT2D eigenvalue weighted by Crippen LogP contribution is -2.31. The molecule has 1 aromatic carbocycles. The van der Waals surface area contributed by atoms with Crippen molar-refractivity contribution in [3.63, 3.8) is 0 Å². The molecule has 1 atom stereocenters. The largest absolute Gasteiger partial charge is 0.493 e. The zero-order valence-corrected chi connectivity index (χ0v) is 10.5. The van der Waals surface area contributed by atoms with Crippen LogP contribution < -0.4 is 10.5 Å². The highest BCUT2D eigenvalue weighted by atomic mass is 79.9. The summed E-state index contributed by atoms with van der Waals surface area (Å²) in [6.45, 7) is 3.68. The maximum Gasteiger partial charge on any atom is 0.123 e. The van der Waals surface area contributed by atoms with E-state index in [4.69, 9.17) is 10.5 Å². The van der Waals surface area contributed by atoms with Crippen LogP contribution in [0.25, 0.3) is 0 Å². The number of rotatable bonds is 1. The topological polar surface area (TPSA) is 35.2 Å². The van der Waals surface area contributed by atoms with Crippen LogP contribution in [0.5, 0.6) is 5.75 Å². The van der Waals surface area contributed by atoms with E-state index in [0.717, 1.165) is 29.7 Å². The minimum Gasteiger partial charge on any atom is -0.493 e. The van der Waals surface area contributed by atoms with E-state index in [2.05, 4.69) is 28.9 Å². The zero-order chi connectivity index (χ0) is 10.9. The molecule has 1 unspecified atom stereocenters. The molecule has 0 bridgehead atoms. The zero-order valence-electron chi connectivity index (χ0n) is 8.92. The molecule has 0 aromatic heterocycles. The van der Waals surface area contributed by atoms with Crippen molar-refractivity contribution in [1.29, 1.82) is 0 Å². The van der Waals surface area contributed by atoms with Crippen LogP contribution in [0, 0.1) is 0 Å². The van der Waals surface area contributed by atoms with Crippen LogP contribution in [0.3, 0.4) is 0 Å². The van der Waals surface area contributed by atoms with Gasteiger partial charge in [-0.1, -0.05) is 22.9 Å². The van der Waals surface area contributed by atoms with Gasteiger partial charge >= 0.3 is 0 Å². The Balaban J connectivity index is 2.52. The Morgan fingerprint density at radius 2 is 2.33 bits per heavy atom. The number of fused-ring (bicyclic) bond motifs is 1. The normalized spacial score (nSPS) is 25.3. The Kier molecular flexibility index (Phi) is 3.03. The minimum absolute atomic E-state index is 0.0512. The van der Waals surface area contributed by atoms with Crippen molar-refractivity contribution in [1.82, 2.24) is 0 Å². The number of benzene rings is 1. The summed E-state index contributed by atoms with van der Waals surface area (Å²) in [4.78, 5) is 0. The third-order valence-electron chi connectivity index (χ3n) is 3.17. The first kappa shape index (κ1) is 11.0. The van der Waals surface area contributed by atoms with Crippen molar-refractivity contribution >= 4 is 15.9 Å². The van der Waals surface area contributed by atoms with Crippen LogP contribution in [0.2, 0.25) is 0 Å². The Labute approximate surface area is 98.9 Å². The van der Waals surface area contributed by atoms with E-state index in [-0.39, 0.29) is 5.41 Å². The predicted octanol–water partition coefficient (Wildman–Crippen LogP) is 2.84. The Morgan fingerprint density at radius 1 is 1.53 bits per heavy atom. The molecular weight excluding hydrogens is 254 g/mol. The molecular formula is C12H16BrNO. The van der Waals surface area contributed by atoms with Gasteiger partial charge in [0.05, 0.1) is 6.61 Å². The smallest absolute Gasteiger partial charge is 0.123 e. The molecule has 82 valence electrons. The van der Waals surface area contributed by atoms with E-state index in [9.17, 15) is 0 Å². The maximum absolute atomic E-state index is 5.90. The molecule has 1 heterocycles. The predicted molar refractivity (Wildman–Crippen MR) is 65.3 cm³/mol. The van der Waals surface area contributed by atoms with E-state index in [1.807, 2.05) is 12.1 Å². The molecule has 0 aliphatic carbocycles. The summed E-state index contributed by atoms with van der Waals surface area (Å²) >= 11 is 3.50. The summed E-state index contributed by atoms with van der Waals surface area (Å²) in [6, 6.07) is 6.17. The Morgan fingerprint density at radius 3 is 3.07 bits per heavy atom. The molecule has 1 aliphatic rings. The molecule has 0 saturated heterocycles. The van der Waals surface area contributed by atoms with Crippen molar-refractivity contribution < 1.29 is 4.74 Å². The van der Waals surface area contributed by atoms with Crippen LogP contribution in [-0.4, -0.2) is 13.2 Å². The van der Waals surface area contributed by atoms with Crippen LogP contribution in [0.1, 0.15) is 25.3 Å². The molecule has 0 amide bonds. The van der Waals surface area contributed by atoms with Crippen molar-refractivity contribution in [2.24, 2.45) is 5.73 Å². The van der Waals surface area contributed by atoms with E-state index in [1.165, 1.54) is 5.56 Å². The molecule has 2 rings (SSSR count). The Bertz CT molecular complexity index is 367. The lowest BCUT2D eigenvalue weighted by Gasteiger charge is -2.27. The monoisotopic (exact) mass is 269 g/mol. The van der Waals surface area contributed by atoms with Gasteiger partial charge in [0.15, 0.2) is 0 Å². The van der Waals surface area contributed by atoms with E-state index >= 15 is 0 Å². The van der Waals surface area contributed by atoms with Gasteiger partial charge in [0.2, 0.25) is 0 Å². The van der Waals surface area contributed by atoms with Crippen molar-refractivity contribution in [2.45, 2.75) is 25.2 Å². The van der Waals surface area contributed by atoms with Gasteiger partial charge < -0.3 is 10.5 Å². The Hall–Kier alpha value is -0.540. The van der Waals surface area contributed by atoms with E-state index in [0.29, 0.717) is 6.54 Å². The molecule has 1 aliphatic heterocycles. The molecule has 0 spiro atoms. The lowest BCUT2D eigenvalue weighted by molar-refractivity contribution is 0.313. The van der Waals surface area contributed by atoms with Gasteiger partial charge in [0.1, 0.15) is 5.75 Å². The molecule has 2 nitrogen and oxygen atoms in total. The lowest BCUT2D eigenvalue weighted by atomic mass is 9.79. The van der Waals surface area contributed by atoms with Crippen molar-refractivity contribution in [2.75, 3.05) is 13.2 Å². The first-order chi connectivity index (χ1) is 7.15. The second-order valence-corrected chi connectivity index (χ2v) is 5.27. The minimum atomic E-state index is 0.0512. The number of ether oxygens (including phenoxy) is 1. The third kappa shape index (κ3) is 2.04. The first-order valence-electron chi connectivity index (χ1n) is 5.29. The highest BCUT2D eigenvalue weighted by Crippen LogP contribution is 2.38. The van der Waals surface area contributed by atoms with Crippen molar-refractivity contribution in [3.05, 3.63) is 28.2 Å². The maximum atomic E-state index is 5.90. The van der Waals surface area contributed by atoms with Gasteiger partial charge in [0, 0.05) is 22.0 Å². The van der Waals surface area contributed by atoms with Crippen LogP contribution in [0.4, 0.5) is 0 Å². The summed E-state index contributed by atoms with van der Waals surface area (Å²) in [5.41, 5.74) is 7.19. The van der Waals surface area contributed by atoms with E-state index in [1.54, 1.807) is 0 Å². The SMILES string of the molecule is CC1(CN)CCCOc2ccc(Br)cc21. The number of hydrogen-bond donors (Lipinski definition) is 1. The summed E-state index contributed by atoms with van der Waals surface area (Å²) < 4.78 is 6.81. The molecule has 2 N–H and O–H groups in total. The van der Waals surface area contributed by atoms with Crippen molar-refractivity contribution in [3.8, 4) is 5.75 Å². The van der Waals surface area contributed by atoms with Gasteiger partial charge in [-0.15, -0.1) is 0 Å². The van der Waals surface area contributed by atoms with Crippen LogP contribution >= 0.6 is 15.9 Å². The number of nitrogens with two attached hydrogens (primary N) is 1.